The second-order valence-corrected chi connectivity index (χ2v) is 4.64. The average molecular weight is 439 g/mol. The number of alkyl halides is 2. The molecule has 0 aliphatic heterocycles. The summed E-state index contributed by atoms with van der Waals surface area (Å²) in [6.45, 7) is 2.06. The Morgan fingerprint density at radius 3 is 2.67 bits per heavy atom. The maximum atomic E-state index is 11.1. The van der Waals surface area contributed by atoms with Crippen molar-refractivity contribution in [2.75, 3.05) is 11.0 Å². The van der Waals surface area contributed by atoms with Crippen LogP contribution in [0.4, 0.5) is 0 Å². The molecule has 86 valence electrons. The van der Waals surface area contributed by atoms with Gasteiger partial charge in [-0.1, -0.05) is 22.6 Å². The largest absolute Gasteiger partial charge is 0.466 e. The fraction of sp³-hybridized carbons (Fsp3) is 0.625. The van der Waals surface area contributed by atoms with Crippen molar-refractivity contribution in [3.8, 4) is 0 Å². The molecule has 7 heteroatoms. The van der Waals surface area contributed by atoms with Crippen molar-refractivity contribution < 1.29 is 14.5 Å². The van der Waals surface area contributed by atoms with E-state index in [4.69, 9.17) is 4.74 Å². The van der Waals surface area contributed by atoms with Crippen molar-refractivity contribution in [1.29, 1.82) is 0 Å². The van der Waals surface area contributed by atoms with Crippen LogP contribution in [0.25, 0.3) is 0 Å². The maximum Gasteiger partial charge on any atom is 0.309 e. The Bertz CT molecular complexity index is 267. The number of ether oxygens (including phenoxy) is 1. The highest BCUT2D eigenvalue weighted by Crippen LogP contribution is 2.13. The Morgan fingerprint density at radius 2 is 2.27 bits per heavy atom. The molecule has 0 N–H and O–H groups in total. The number of carbonyl (C=O) groups is 1. The smallest absolute Gasteiger partial charge is 0.309 e. The summed E-state index contributed by atoms with van der Waals surface area (Å²) in [6.07, 6.45) is 1.62. The highest BCUT2D eigenvalue weighted by molar-refractivity contribution is 14.1. The molecular weight excluding hydrogens is 428 g/mol. The molecule has 0 amide bonds. The number of nitrogens with zero attached hydrogens (tertiary/aromatic N) is 1. The standard InChI is InChI=1S/C8H11I2NO4/c1-2-15-8(12)4-6(5-9)3-7(10)11(13)14/h3,7H,2,4-5H2,1H3/b6-3-. The number of hydrogen-bond acceptors (Lipinski definition) is 4. The molecule has 0 aromatic heterocycles. The number of rotatable bonds is 6. The summed E-state index contributed by atoms with van der Waals surface area (Å²) in [5.74, 6) is -0.340. The van der Waals surface area contributed by atoms with Crippen LogP contribution in [0.5, 0.6) is 0 Å². The summed E-state index contributed by atoms with van der Waals surface area (Å²) < 4.78 is 4.56. The molecule has 0 spiro atoms. The topological polar surface area (TPSA) is 69.4 Å². The van der Waals surface area contributed by atoms with Crippen LogP contribution in [0.1, 0.15) is 13.3 Å². The van der Waals surface area contributed by atoms with E-state index in [9.17, 15) is 14.9 Å². The van der Waals surface area contributed by atoms with Crippen LogP contribution in [0.15, 0.2) is 11.6 Å². The lowest BCUT2D eigenvalue weighted by Gasteiger charge is -2.04. The minimum absolute atomic E-state index is 0.129. The average Bonchev–Trinajstić information content (AvgIpc) is 2.16. The van der Waals surface area contributed by atoms with E-state index in [1.165, 1.54) is 6.08 Å². The molecule has 15 heavy (non-hydrogen) atoms. The van der Waals surface area contributed by atoms with Gasteiger partial charge in [0.05, 0.1) is 13.0 Å². The van der Waals surface area contributed by atoms with Gasteiger partial charge >= 0.3 is 5.97 Å². The Kier molecular flexibility index (Phi) is 8.29. The Hall–Kier alpha value is 0.0700. The predicted molar refractivity (Wildman–Crippen MR) is 73.0 cm³/mol. The van der Waals surface area contributed by atoms with Crippen LogP contribution in [-0.4, -0.2) is 26.0 Å². The molecule has 1 unspecified atom stereocenters. The molecule has 0 aromatic rings. The first-order valence-electron chi connectivity index (χ1n) is 4.20. The summed E-state index contributed by atoms with van der Waals surface area (Å²) in [6, 6.07) is 0. The van der Waals surface area contributed by atoms with E-state index in [2.05, 4.69) is 22.6 Å². The third-order valence-electron chi connectivity index (χ3n) is 1.42. The molecule has 0 bridgehead atoms. The van der Waals surface area contributed by atoms with Crippen molar-refractivity contribution in [1.82, 2.24) is 0 Å². The molecule has 1 atom stereocenters. The zero-order chi connectivity index (χ0) is 11.8. The lowest BCUT2D eigenvalue weighted by Crippen LogP contribution is -2.11. The number of hydrogen-bond donors (Lipinski definition) is 0. The first-order valence-corrected chi connectivity index (χ1v) is 6.97. The van der Waals surface area contributed by atoms with Crippen LogP contribution >= 0.6 is 45.2 Å². The lowest BCUT2D eigenvalue weighted by molar-refractivity contribution is -0.477. The SMILES string of the molecule is CCOC(=O)C/C(=C/C(I)[N+](=O)[O-])CI. The quantitative estimate of drug-likeness (QED) is 0.121. The van der Waals surface area contributed by atoms with Crippen molar-refractivity contribution in [3.05, 3.63) is 21.8 Å². The van der Waals surface area contributed by atoms with Gasteiger partial charge in [0.2, 0.25) is 0 Å². The first kappa shape index (κ1) is 15.1. The molecule has 0 aliphatic carbocycles. The van der Waals surface area contributed by atoms with Gasteiger partial charge in [-0.3, -0.25) is 14.9 Å². The predicted octanol–water partition coefficient (Wildman–Crippen LogP) is 2.34. The van der Waals surface area contributed by atoms with Gasteiger partial charge in [-0.2, -0.15) is 0 Å². The number of halogens is 2. The summed E-state index contributed by atoms with van der Waals surface area (Å²) in [5, 5.41) is 10.4. The third-order valence-corrected chi connectivity index (χ3v) is 3.22. The zero-order valence-electron chi connectivity index (χ0n) is 8.11. The molecule has 0 fully saturated rings. The number of carbonyl (C=O) groups excluding carboxylic acids is 1. The first-order chi connectivity index (χ1) is 7.01. The van der Waals surface area contributed by atoms with Crippen LogP contribution < -0.4 is 0 Å². The summed E-state index contributed by atoms with van der Waals surface area (Å²) >= 11 is 3.77. The van der Waals surface area contributed by atoms with Gasteiger partial charge in [-0.15, -0.1) is 0 Å². The highest BCUT2D eigenvalue weighted by atomic mass is 127. The number of esters is 1. The van der Waals surface area contributed by atoms with Crippen molar-refractivity contribution in [2.45, 2.75) is 17.4 Å². The Labute approximate surface area is 115 Å². The fourth-order valence-electron chi connectivity index (χ4n) is 0.803. The van der Waals surface area contributed by atoms with Crippen molar-refractivity contribution in [3.63, 3.8) is 0 Å². The van der Waals surface area contributed by atoms with Gasteiger partial charge in [-0.05, 0) is 18.6 Å². The van der Waals surface area contributed by atoms with Crippen molar-refractivity contribution in [2.24, 2.45) is 0 Å². The fourth-order valence-corrected chi connectivity index (χ4v) is 1.84. The molecular formula is C8H11I2NO4. The van der Waals surface area contributed by atoms with Gasteiger partial charge in [0.25, 0.3) is 4.05 Å². The molecule has 5 nitrogen and oxygen atoms in total. The van der Waals surface area contributed by atoms with Crippen molar-refractivity contribution >= 4 is 51.2 Å². The lowest BCUT2D eigenvalue weighted by atomic mass is 10.2. The van der Waals surface area contributed by atoms with Gasteiger partial charge < -0.3 is 4.74 Å². The van der Waals surface area contributed by atoms with Gasteiger partial charge in [0.1, 0.15) is 0 Å². The van der Waals surface area contributed by atoms with Crippen LogP contribution in [-0.2, 0) is 9.53 Å². The Morgan fingerprint density at radius 1 is 1.67 bits per heavy atom. The number of nitro groups is 1. The summed E-state index contributed by atoms with van der Waals surface area (Å²) in [7, 11) is 0. The molecule has 0 saturated heterocycles. The normalized spacial score (nSPS) is 13.4. The maximum absolute atomic E-state index is 11.1. The summed E-state index contributed by atoms with van der Waals surface area (Å²) in [4.78, 5) is 21.1. The zero-order valence-corrected chi connectivity index (χ0v) is 12.4. The third kappa shape index (κ3) is 7.03. The Balaban J connectivity index is 4.35. The molecule has 0 saturated carbocycles. The monoisotopic (exact) mass is 439 g/mol. The molecule has 0 rings (SSSR count). The summed E-state index contributed by atoms with van der Waals surface area (Å²) in [5.41, 5.74) is 0.727. The van der Waals surface area contributed by atoms with Crippen LogP contribution in [0, 0.1) is 10.1 Å². The molecule has 0 aliphatic rings. The van der Waals surface area contributed by atoms with E-state index in [1.54, 1.807) is 29.5 Å². The molecule has 0 aromatic carbocycles. The molecule has 0 heterocycles. The van der Waals surface area contributed by atoms with Gasteiger partial charge in [0.15, 0.2) is 0 Å². The van der Waals surface area contributed by atoms with E-state index in [1.807, 2.05) is 0 Å². The second-order valence-electron chi connectivity index (χ2n) is 2.60. The van der Waals surface area contributed by atoms with E-state index in [-0.39, 0.29) is 12.4 Å². The van der Waals surface area contributed by atoms with E-state index in [0.29, 0.717) is 11.0 Å². The van der Waals surface area contributed by atoms with E-state index >= 15 is 0 Å². The van der Waals surface area contributed by atoms with Gasteiger partial charge in [0, 0.05) is 31.9 Å². The highest BCUT2D eigenvalue weighted by Gasteiger charge is 2.14. The van der Waals surface area contributed by atoms with Gasteiger partial charge in [-0.25, -0.2) is 0 Å². The van der Waals surface area contributed by atoms with E-state index in [0.717, 1.165) is 5.57 Å². The minimum Gasteiger partial charge on any atom is -0.466 e. The van der Waals surface area contributed by atoms with Crippen LogP contribution in [0.2, 0.25) is 0 Å². The second kappa shape index (κ2) is 8.25. The molecule has 0 radical (unpaired) electrons. The van der Waals surface area contributed by atoms with E-state index < -0.39 is 8.97 Å². The minimum atomic E-state index is -0.790. The van der Waals surface area contributed by atoms with Crippen LogP contribution in [0.3, 0.4) is 0 Å².